The highest BCUT2D eigenvalue weighted by Gasteiger charge is 2.17. The molecule has 0 spiro atoms. The van der Waals surface area contributed by atoms with E-state index in [0.29, 0.717) is 0 Å². The molecule has 2 nitrogen and oxygen atoms in total. The number of rotatable bonds is 0. The molecule has 0 saturated carbocycles. The second kappa shape index (κ2) is 2.63. The fourth-order valence-electron chi connectivity index (χ4n) is 0.811. The lowest BCUT2D eigenvalue weighted by atomic mass is 9.93. The molecule has 0 saturated heterocycles. The van der Waals surface area contributed by atoms with E-state index in [4.69, 9.17) is 0 Å². The summed E-state index contributed by atoms with van der Waals surface area (Å²) < 4.78 is 2.86. The van der Waals surface area contributed by atoms with Crippen molar-refractivity contribution in [3.05, 3.63) is 16.4 Å². The molecule has 0 unspecified atom stereocenters. The predicted molar refractivity (Wildman–Crippen MR) is 49.6 cm³/mol. The third kappa shape index (κ3) is 1.83. The Morgan fingerprint density at radius 1 is 1.45 bits per heavy atom. The van der Waals surface area contributed by atoms with Gasteiger partial charge in [0.1, 0.15) is 4.60 Å². The van der Waals surface area contributed by atoms with Gasteiger partial charge in [-0.15, -0.1) is 0 Å². The van der Waals surface area contributed by atoms with E-state index in [0.717, 1.165) is 10.3 Å². The summed E-state index contributed by atoms with van der Waals surface area (Å²) in [5.74, 6) is 0. The Morgan fingerprint density at radius 3 is 2.18 bits per heavy atom. The normalized spacial score (nSPS) is 12.1. The van der Waals surface area contributed by atoms with Crippen molar-refractivity contribution in [3.8, 4) is 0 Å². The molecule has 1 aromatic heterocycles. The summed E-state index contributed by atoms with van der Waals surface area (Å²) in [6.07, 6.45) is 0. The fourth-order valence-corrected chi connectivity index (χ4v) is 1.11. The topological polar surface area (TPSA) is 17.8 Å². The van der Waals surface area contributed by atoms with Gasteiger partial charge in [-0.2, -0.15) is 5.10 Å². The van der Waals surface area contributed by atoms with Gasteiger partial charge in [0, 0.05) is 12.5 Å². The number of aryl methyl sites for hydroxylation is 1. The Kier molecular flexibility index (Phi) is 2.10. The van der Waals surface area contributed by atoms with Crippen LogP contribution in [0.2, 0.25) is 0 Å². The van der Waals surface area contributed by atoms with Crippen LogP contribution in [0.4, 0.5) is 0 Å². The molecular weight excluding hydrogens is 204 g/mol. The molecule has 0 aliphatic carbocycles. The van der Waals surface area contributed by atoms with Gasteiger partial charge in [-0.3, -0.25) is 4.68 Å². The zero-order valence-corrected chi connectivity index (χ0v) is 8.94. The lowest BCUT2D eigenvalue weighted by Gasteiger charge is -2.13. The fraction of sp³-hybridized carbons (Fsp3) is 0.625. The molecule has 3 heteroatoms. The van der Waals surface area contributed by atoms with Crippen LogP contribution in [0, 0.1) is 0 Å². The van der Waals surface area contributed by atoms with Crippen molar-refractivity contribution in [1.29, 1.82) is 0 Å². The van der Waals surface area contributed by atoms with Crippen molar-refractivity contribution in [2.45, 2.75) is 26.2 Å². The molecule has 1 heterocycles. The summed E-state index contributed by atoms with van der Waals surface area (Å²) in [4.78, 5) is 0. The van der Waals surface area contributed by atoms with E-state index >= 15 is 0 Å². The molecule has 11 heavy (non-hydrogen) atoms. The van der Waals surface area contributed by atoms with E-state index in [1.54, 1.807) is 0 Å². The summed E-state index contributed by atoms with van der Waals surface area (Å²) >= 11 is 3.41. The Labute approximate surface area is 75.7 Å². The molecule has 0 aromatic carbocycles. The molecule has 1 aromatic rings. The first kappa shape index (κ1) is 8.78. The van der Waals surface area contributed by atoms with E-state index in [2.05, 4.69) is 47.9 Å². The van der Waals surface area contributed by atoms with E-state index in [1.807, 2.05) is 11.7 Å². The van der Waals surface area contributed by atoms with Crippen LogP contribution in [-0.2, 0) is 12.5 Å². The molecule has 0 amide bonds. The first-order chi connectivity index (χ1) is 4.91. The van der Waals surface area contributed by atoms with Gasteiger partial charge in [-0.1, -0.05) is 20.8 Å². The van der Waals surface area contributed by atoms with Crippen LogP contribution in [0.25, 0.3) is 0 Å². The van der Waals surface area contributed by atoms with E-state index in [1.165, 1.54) is 0 Å². The summed E-state index contributed by atoms with van der Waals surface area (Å²) in [5.41, 5.74) is 1.26. The highest BCUT2D eigenvalue weighted by atomic mass is 79.9. The number of hydrogen-bond donors (Lipinski definition) is 0. The zero-order valence-electron chi connectivity index (χ0n) is 7.35. The van der Waals surface area contributed by atoms with Gasteiger partial charge in [0.2, 0.25) is 0 Å². The van der Waals surface area contributed by atoms with Gasteiger partial charge in [0.15, 0.2) is 0 Å². The number of aromatic nitrogens is 2. The third-order valence-corrected chi connectivity index (χ3v) is 2.33. The maximum absolute atomic E-state index is 4.35. The second-order valence-corrected chi connectivity index (χ2v) is 4.54. The molecule has 1 rings (SSSR count). The van der Waals surface area contributed by atoms with Crippen molar-refractivity contribution in [3.63, 3.8) is 0 Å². The summed E-state index contributed by atoms with van der Waals surface area (Å²) in [6.45, 7) is 6.46. The molecular formula is C8H13BrN2. The number of halogens is 1. The Morgan fingerprint density at radius 2 is 2.00 bits per heavy atom. The van der Waals surface area contributed by atoms with Gasteiger partial charge in [-0.05, 0) is 22.0 Å². The SMILES string of the molecule is Cn1nc(C(C)(C)C)cc1Br. The smallest absolute Gasteiger partial charge is 0.104 e. The van der Waals surface area contributed by atoms with Crippen LogP contribution >= 0.6 is 15.9 Å². The molecule has 0 N–H and O–H groups in total. The van der Waals surface area contributed by atoms with Crippen LogP contribution in [-0.4, -0.2) is 9.78 Å². The van der Waals surface area contributed by atoms with Gasteiger partial charge in [0.05, 0.1) is 5.69 Å². The Bertz CT molecular complexity index is 238. The van der Waals surface area contributed by atoms with E-state index < -0.39 is 0 Å². The first-order valence-corrected chi connectivity index (χ1v) is 4.40. The van der Waals surface area contributed by atoms with Crippen LogP contribution < -0.4 is 0 Å². The first-order valence-electron chi connectivity index (χ1n) is 3.61. The lowest BCUT2D eigenvalue weighted by Crippen LogP contribution is -2.12. The molecule has 0 aliphatic rings. The van der Waals surface area contributed by atoms with Crippen LogP contribution in [0.5, 0.6) is 0 Å². The molecule has 0 bridgehead atoms. The summed E-state index contributed by atoms with van der Waals surface area (Å²) in [6, 6.07) is 2.06. The van der Waals surface area contributed by atoms with Crippen molar-refractivity contribution in [2.75, 3.05) is 0 Å². The molecule has 0 radical (unpaired) electrons. The quantitative estimate of drug-likeness (QED) is 0.652. The van der Waals surface area contributed by atoms with Crippen molar-refractivity contribution >= 4 is 15.9 Å². The van der Waals surface area contributed by atoms with Crippen molar-refractivity contribution in [2.24, 2.45) is 7.05 Å². The van der Waals surface area contributed by atoms with Gasteiger partial charge in [0.25, 0.3) is 0 Å². The average molecular weight is 217 g/mol. The van der Waals surface area contributed by atoms with E-state index in [-0.39, 0.29) is 5.41 Å². The minimum atomic E-state index is 0.143. The Balaban J connectivity index is 3.08. The largest absolute Gasteiger partial charge is 0.261 e. The third-order valence-electron chi connectivity index (χ3n) is 1.59. The van der Waals surface area contributed by atoms with Gasteiger partial charge >= 0.3 is 0 Å². The maximum atomic E-state index is 4.35. The van der Waals surface area contributed by atoms with Crippen molar-refractivity contribution in [1.82, 2.24) is 9.78 Å². The highest BCUT2D eigenvalue weighted by Crippen LogP contribution is 2.23. The predicted octanol–water partition coefficient (Wildman–Crippen LogP) is 2.48. The van der Waals surface area contributed by atoms with Gasteiger partial charge < -0.3 is 0 Å². The molecule has 62 valence electrons. The van der Waals surface area contributed by atoms with Crippen LogP contribution in [0.15, 0.2) is 10.7 Å². The molecule has 0 atom stereocenters. The minimum absolute atomic E-state index is 0.143. The van der Waals surface area contributed by atoms with Gasteiger partial charge in [-0.25, -0.2) is 0 Å². The monoisotopic (exact) mass is 216 g/mol. The molecule has 0 aliphatic heterocycles. The number of nitrogens with zero attached hydrogens (tertiary/aromatic N) is 2. The highest BCUT2D eigenvalue weighted by molar-refractivity contribution is 9.10. The standard InChI is InChI=1S/C8H13BrN2/c1-8(2,3)6-5-7(9)11(4)10-6/h5H,1-4H3. The summed E-state index contributed by atoms with van der Waals surface area (Å²) in [5, 5.41) is 4.35. The number of hydrogen-bond acceptors (Lipinski definition) is 1. The van der Waals surface area contributed by atoms with E-state index in [9.17, 15) is 0 Å². The lowest BCUT2D eigenvalue weighted by molar-refractivity contribution is 0.552. The van der Waals surface area contributed by atoms with Crippen LogP contribution in [0.1, 0.15) is 26.5 Å². The second-order valence-electron chi connectivity index (χ2n) is 3.73. The molecule has 0 fully saturated rings. The Hall–Kier alpha value is -0.310. The van der Waals surface area contributed by atoms with Crippen molar-refractivity contribution < 1.29 is 0 Å². The average Bonchev–Trinajstić information content (AvgIpc) is 2.11. The maximum Gasteiger partial charge on any atom is 0.104 e. The van der Waals surface area contributed by atoms with Crippen LogP contribution in [0.3, 0.4) is 0 Å². The zero-order chi connectivity index (χ0) is 8.65. The summed E-state index contributed by atoms with van der Waals surface area (Å²) in [7, 11) is 1.93. The minimum Gasteiger partial charge on any atom is -0.261 e.